The Bertz CT molecular complexity index is 596. The van der Waals surface area contributed by atoms with Gasteiger partial charge in [0.25, 0.3) is 0 Å². The van der Waals surface area contributed by atoms with Crippen LogP contribution in [-0.4, -0.2) is 17.1 Å². The lowest BCUT2D eigenvalue weighted by atomic mass is 9.92. The van der Waals surface area contributed by atoms with Gasteiger partial charge in [-0.3, -0.25) is 4.79 Å². The molecule has 0 aromatic heterocycles. The fourth-order valence-electron chi connectivity index (χ4n) is 2.20. The SMILES string of the molecule is O=C(O)CC1C#CC/C=C\CC1Nc1c(Cl)cccc1Cl. The first-order valence-electron chi connectivity index (χ1n) is 6.63. The summed E-state index contributed by atoms with van der Waals surface area (Å²) in [5.41, 5.74) is 0.622. The Kier molecular flexibility index (Phi) is 5.55. The molecule has 0 fully saturated rings. The number of hydrogen-bond donors (Lipinski definition) is 2. The highest BCUT2D eigenvalue weighted by Crippen LogP contribution is 2.32. The molecule has 110 valence electrons. The van der Waals surface area contributed by atoms with Gasteiger partial charge in [0, 0.05) is 12.5 Å². The largest absolute Gasteiger partial charge is 0.481 e. The second-order valence-electron chi connectivity index (χ2n) is 4.78. The van der Waals surface area contributed by atoms with Crippen LogP contribution in [0.4, 0.5) is 5.69 Å². The van der Waals surface area contributed by atoms with Gasteiger partial charge in [-0.1, -0.05) is 53.3 Å². The summed E-state index contributed by atoms with van der Waals surface area (Å²) in [5.74, 6) is 4.86. The zero-order valence-electron chi connectivity index (χ0n) is 11.3. The Morgan fingerprint density at radius 3 is 2.71 bits per heavy atom. The van der Waals surface area contributed by atoms with Gasteiger partial charge in [0.15, 0.2) is 0 Å². The van der Waals surface area contributed by atoms with E-state index in [1.54, 1.807) is 18.2 Å². The van der Waals surface area contributed by atoms with Crippen LogP contribution in [0.15, 0.2) is 30.4 Å². The highest BCUT2D eigenvalue weighted by molar-refractivity contribution is 6.39. The maximum Gasteiger partial charge on any atom is 0.304 e. The van der Waals surface area contributed by atoms with Crippen LogP contribution in [0.5, 0.6) is 0 Å². The van der Waals surface area contributed by atoms with Crippen LogP contribution in [-0.2, 0) is 4.79 Å². The third-order valence-corrected chi connectivity index (χ3v) is 3.87. The van der Waals surface area contributed by atoms with E-state index in [2.05, 4.69) is 17.2 Å². The molecule has 5 heteroatoms. The normalized spacial score (nSPS) is 22.4. The molecular weight excluding hydrogens is 309 g/mol. The van der Waals surface area contributed by atoms with Crippen LogP contribution in [0.1, 0.15) is 19.3 Å². The van der Waals surface area contributed by atoms with Crippen LogP contribution in [0.2, 0.25) is 10.0 Å². The lowest BCUT2D eigenvalue weighted by Crippen LogP contribution is -2.30. The van der Waals surface area contributed by atoms with Gasteiger partial charge in [-0.05, 0) is 18.6 Å². The van der Waals surface area contributed by atoms with Crippen LogP contribution in [0.3, 0.4) is 0 Å². The monoisotopic (exact) mass is 323 g/mol. The second kappa shape index (κ2) is 7.40. The summed E-state index contributed by atoms with van der Waals surface area (Å²) in [6.07, 6.45) is 5.29. The minimum atomic E-state index is -0.865. The van der Waals surface area contributed by atoms with Gasteiger partial charge < -0.3 is 10.4 Å². The van der Waals surface area contributed by atoms with Crippen molar-refractivity contribution in [3.63, 3.8) is 0 Å². The molecular formula is C16H15Cl2NO2. The quantitative estimate of drug-likeness (QED) is 0.644. The van der Waals surface area contributed by atoms with Crippen molar-refractivity contribution in [1.29, 1.82) is 0 Å². The Morgan fingerprint density at radius 2 is 2.05 bits per heavy atom. The van der Waals surface area contributed by atoms with Crippen molar-refractivity contribution in [2.45, 2.75) is 25.3 Å². The fourth-order valence-corrected chi connectivity index (χ4v) is 2.71. The number of benzene rings is 1. The maximum atomic E-state index is 11.0. The Morgan fingerprint density at radius 1 is 1.33 bits per heavy atom. The Hall–Kier alpha value is -1.63. The molecule has 0 saturated heterocycles. The maximum absolute atomic E-state index is 11.0. The summed E-state index contributed by atoms with van der Waals surface area (Å²) in [5, 5.41) is 13.3. The zero-order chi connectivity index (χ0) is 15.2. The number of rotatable bonds is 4. The van der Waals surface area contributed by atoms with Crippen LogP contribution >= 0.6 is 23.2 Å². The molecule has 0 radical (unpaired) electrons. The van der Waals surface area contributed by atoms with E-state index in [1.165, 1.54) is 0 Å². The van der Waals surface area contributed by atoms with Gasteiger partial charge in [-0.25, -0.2) is 0 Å². The van der Waals surface area contributed by atoms with E-state index in [1.807, 2.05) is 12.2 Å². The predicted molar refractivity (Wildman–Crippen MR) is 85.8 cm³/mol. The molecule has 2 unspecified atom stereocenters. The Balaban J connectivity index is 2.25. The number of allylic oxidation sites excluding steroid dienone is 1. The van der Waals surface area contributed by atoms with E-state index in [4.69, 9.17) is 28.3 Å². The van der Waals surface area contributed by atoms with E-state index in [0.717, 1.165) is 0 Å². The molecule has 0 amide bonds. The zero-order valence-corrected chi connectivity index (χ0v) is 12.8. The van der Waals surface area contributed by atoms with E-state index in [-0.39, 0.29) is 18.4 Å². The van der Waals surface area contributed by atoms with Crippen LogP contribution in [0.25, 0.3) is 0 Å². The molecule has 2 rings (SSSR count). The van der Waals surface area contributed by atoms with Crippen molar-refractivity contribution in [3.8, 4) is 11.8 Å². The highest BCUT2D eigenvalue weighted by atomic mass is 35.5. The van der Waals surface area contributed by atoms with Crippen molar-refractivity contribution in [2.75, 3.05) is 5.32 Å². The molecule has 1 aliphatic rings. The van der Waals surface area contributed by atoms with E-state index < -0.39 is 5.97 Å². The van der Waals surface area contributed by atoms with E-state index >= 15 is 0 Å². The summed E-state index contributed by atoms with van der Waals surface area (Å²) in [7, 11) is 0. The predicted octanol–water partition coefficient (Wildman–Crippen LogP) is 4.22. The molecule has 2 N–H and O–H groups in total. The summed E-state index contributed by atoms with van der Waals surface area (Å²) < 4.78 is 0. The molecule has 0 saturated carbocycles. The van der Waals surface area contributed by atoms with Crippen LogP contribution < -0.4 is 5.32 Å². The molecule has 0 spiro atoms. The second-order valence-corrected chi connectivity index (χ2v) is 5.60. The number of carbonyl (C=O) groups is 1. The highest BCUT2D eigenvalue weighted by Gasteiger charge is 2.23. The Labute approximate surface area is 133 Å². The number of hydrogen-bond acceptors (Lipinski definition) is 2. The standard InChI is InChI=1S/C16H15Cl2NO2/c17-12-7-5-8-13(18)16(12)19-14-9-4-2-1-3-6-11(14)10-15(20)21/h2,4-5,7-8,11,14,19H,1,9-10H2,(H,20,21)/b4-2-. The van der Waals surface area contributed by atoms with Crippen molar-refractivity contribution in [2.24, 2.45) is 5.92 Å². The molecule has 1 aliphatic carbocycles. The number of para-hydroxylation sites is 1. The van der Waals surface area contributed by atoms with Gasteiger partial charge in [-0.2, -0.15) is 0 Å². The van der Waals surface area contributed by atoms with E-state index in [9.17, 15) is 4.79 Å². The topological polar surface area (TPSA) is 49.3 Å². The number of aliphatic carboxylic acids is 1. The lowest BCUT2D eigenvalue weighted by molar-refractivity contribution is -0.137. The van der Waals surface area contributed by atoms with Gasteiger partial charge in [0.1, 0.15) is 0 Å². The molecule has 0 bridgehead atoms. The molecule has 2 atom stereocenters. The molecule has 21 heavy (non-hydrogen) atoms. The average Bonchev–Trinajstić information content (AvgIpc) is 2.40. The van der Waals surface area contributed by atoms with Gasteiger partial charge in [0.2, 0.25) is 0 Å². The summed E-state index contributed by atoms with van der Waals surface area (Å²) in [4.78, 5) is 11.0. The minimum absolute atomic E-state index is 0.0133. The summed E-state index contributed by atoms with van der Waals surface area (Å²) >= 11 is 12.3. The fraction of sp³-hybridized carbons (Fsp3) is 0.312. The molecule has 3 nitrogen and oxygen atoms in total. The van der Waals surface area contributed by atoms with Crippen LogP contribution in [0, 0.1) is 17.8 Å². The lowest BCUT2D eigenvalue weighted by Gasteiger charge is -2.25. The number of nitrogens with one attached hydrogen (secondary N) is 1. The average molecular weight is 324 g/mol. The molecule has 1 aromatic rings. The third-order valence-electron chi connectivity index (χ3n) is 3.24. The number of anilines is 1. The summed E-state index contributed by atoms with van der Waals surface area (Å²) in [6, 6.07) is 5.10. The van der Waals surface area contributed by atoms with Gasteiger partial charge in [0.05, 0.1) is 28.1 Å². The van der Waals surface area contributed by atoms with Gasteiger partial charge in [-0.15, -0.1) is 0 Å². The third kappa shape index (κ3) is 4.42. The van der Waals surface area contributed by atoms with Crippen molar-refractivity contribution in [3.05, 3.63) is 40.4 Å². The first-order chi connectivity index (χ1) is 10.1. The number of halogens is 2. The van der Waals surface area contributed by atoms with Gasteiger partial charge >= 0.3 is 5.97 Å². The summed E-state index contributed by atoms with van der Waals surface area (Å²) in [6.45, 7) is 0. The minimum Gasteiger partial charge on any atom is -0.481 e. The molecule has 0 heterocycles. The van der Waals surface area contributed by atoms with Crippen molar-refractivity contribution in [1.82, 2.24) is 0 Å². The number of carboxylic acids is 1. The van der Waals surface area contributed by atoms with Crippen molar-refractivity contribution < 1.29 is 9.90 Å². The molecule has 0 aliphatic heterocycles. The first-order valence-corrected chi connectivity index (χ1v) is 7.39. The van der Waals surface area contributed by atoms with Crippen molar-refractivity contribution >= 4 is 34.9 Å². The van der Waals surface area contributed by atoms with E-state index in [0.29, 0.717) is 28.6 Å². The smallest absolute Gasteiger partial charge is 0.304 e. The molecule has 1 aromatic carbocycles. The first kappa shape index (κ1) is 15.8. The number of carboxylic acid groups (broad SMARTS) is 1.